The summed E-state index contributed by atoms with van der Waals surface area (Å²) >= 11 is 0. The molecule has 0 amide bonds. The van der Waals surface area contributed by atoms with Crippen LogP contribution in [0.15, 0.2) is 24.8 Å². The Hall–Kier alpha value is -0.850. The molecule has 1 fully saturated rings. The third-order valence-corrected chi connectivity index (χ3v) is 4.11. The minimum atomic E-state index is -0.164. The van der Waals surface area contributed by atoms with Crippen molar-refractivity contribution >= 4 is 6.29 Å². The van der Waals surface area contributed by atoms with Crippen LogP contribution in [0.5, 0.6) is 0 Å². The van der Waals surface area contributed by atoms with E-state index in [4.69, 9.17) is 0 Å². The number of aldehydes is 1. The summed E-state index contributed by atoms with van der Waals surface area (Å²) in [5.41, 5.74) is -0.0998. The summed E-state index contributed by atoms with van der Waals surface area (Å²) in [6, 6.07) is 0. The van der Waals surface area contributed by atoms with Crippen molar-refractivity contribution in [2.24, 2.45) is 16.7 Å². The van der Waals surface area contributed by atoms with Gasteiger partial charge in [-0.05, 0) is 24.2 Å². The number of carbonyl (C=O) groups is 1. The summed E-state index contributed by atoms with van der Waals surface area (Å²) in [7, 11) is 0. The second-order valence-electron chi connectivity index (χ2n) is 5.02. The van der Waals surface area contributed by atoms with Gasteiger partial charge in [-0.3, -0.25) is 0 Å². The number of hydrogen-bond donors (Lipinski definition) is 0. The summed E-state index contributed by atoms with van der Waals surface area (Å²) in [6.07, 6.45) is 9.20. The molecule has 0 heterocycles. The normalized spacial score (nSPS) is 36.1. The van der Waals surface area contributed by atoms with Crippen molar-refractivity contribution in [1.29, 1.82) is 0 Å². The third kappa shape index (κ3) is 1.56. The van der Waals surface area contributed by atoms with Crippen LogP contribution >= 0.6 is 0 Å². The molecule has 1 aliphatic rings. The fourth-order valence-corrected chi connectivity index (χ4v) is 2.32. The summed E-state index contributed by atoms with van der Waals surface area (Å²) in [5.74, 6) is 0.496. The fourth-order valence-electron chi connectivity index (χ4n) is 2.32. The van der Waals surface area contributed by atoms with Crippen LogP contribution in [0.25, 0.3) is 0 Å². The Morgan fingerprint density at radius 1 is 1.36 bits per heavy atom. The van der Waals surface area contributed by atoms with E-state index < -0.39 is 0 Å². The van der Waals surface area contributed by atoms with Gasteiger partial charge in [0, 0.05) is 5.41 Å². The third-order valence-electron chi connectivity index (χ3n) is 4.11. The molecular formula is C13H20O. The molecule has 0 aliphatic heterocycles. The molecule has 0 N–H and O–H groups in total. The Kier molecular flexibility index (Phi) is 2.98. The molecule has 1 heteroatoms. The largest absolute Gasteiger partial charge is 0.303 e. The van der Waals surface area contributed by atoms with Crippen LogP contribution in [-0.4, -0.2) is 6.29 Å². The average molecular weight is 192 g/mol. The number of carbonyl (C=O) groups excluding carboxylic acids is 1. The van der Waals surface area contributed by atoms with Crippen molar-refractivity contribution in [3.63, 3.8) is 0 Å². The monoisotopic (exact) mass is 192 g/mol. The van der Waals surface area contributed by atoms with Crippen molar-refractivity contribution in [1.82, 2.24) is 0 Å². The van der Waals surface area contributed by atoms with Gasteiger partial charge in [-0.15, -0.1) is 0 Å². The van der Waals surface area contributed by atoms with E-state index in [-0.39, 0.29) is 10.8 Å². The maximum Gasteiger partial charge on any atom is 0.126 e. The summed E-state index contributed by atoms with van der Waals surface area (Å²) in [6.45, 7) is 10.1. The Balaban J connectivity index is 2.91. The molecule has 14 heavy (non-hydrogen) atoms. The van der Waals surface area contributed by atoms with Crippen molar-refractivity contribution in [2.75, 3.05) is 0 Å². The molecule has 1 rings (SSSR count). The van der Waals surface area contributed by atoms with E-state index in [9.17, 15) is 4.79 Å². The topological polar surface area (TPSA) is 17.1 Å². The number of rotatable bonds is 3. The molecule has 0 aromatic heterocycles. The first kappa shape index (κ1) is 11.2. The number of hydrogen-bond acceptors (Lipinski definition) is 1. The van der Waals surface area contributed by atoms with E-state index in [0.717, 1.165) is 19.1 Å². The molecule has 0 aromatic rings. The molecule has 0 aromatic carbocycles. The molecule has 78 valence electrons. The van der Waals surface area contributed by atoms with Crippen molar-refractivity contribution in [3.05, 3.63) is 24.8 Å². The fraction of sp³-hybridized carbons (Fsp3) is 0.615. The first-order valence-corrected chi connectivity index (χ1v) is 5.23. The lowest BCUT2D eigenvalue weighted by Crippen LogP contribution is -2.34. The minimum absolute atomic E-state index is 0.0637. The van der Waals surface area contributed by atoms with Gasteiger partial charge in [-0.25, -0.2) is 0 Å². The van der Waals surface area contributed by atoms with E-state index in [1.807, 2.05) is 6.08 Å². The maximum atomic E-state index is 11.1. The van der Waals surface area contributed by atoms with E-state index >= 15 is 0 Å². The lowest BCUT2D eigenvalue weighted by atomic mass is 9.66. The van der Waals surface area contributed by atoms with Gasteiger partial charge in [0.05, 0.1) is 0 Å². The highest BCUT2D eigenvalue weighted by molar-refractivity contribution is 5.61. The second kappa shape index (κ2) is 3.72. The van der Waals surface area contributed by atoms with Gasteiger partial charge in [0.15, 0.2) is 0 Å². The molecule has 0 radical (unpaired) electrons. The highest BCUT2D eigenvalue weighted by Gasteiger charge is 2.50. The first-order valence-electron chi connectivity index (χ1n) is 5.23. The molecule has 1 saturated carbocycles. The Bertz CT molecular complexity index is 262. The SMILES string of the molecule is C=C/C=C/[C@H]1CC[C@@](C)(C=O)C1(C)C. The van der Waals surface area contributed by atoms with Gasteiger partial charge in [0.2, 0.25) is 0 Å². The molecular weight excluding hydrogens is 172 g/mol. The lowest BCUT2D eigenvalue weighted by Gasteiger charge is -2.36. The highest BCUT2D eigenvalue weighted by Crippen LogP contribution is 2.55. The average Bonchev–Trinajstić information content (AvgIpc) is 2.37. The van der Waals surface area contributed by atoms with Crippen LogP contribution in [0.4, 0.5) is 0 Å². The molecule has 1 nitrogen and oxygen atoms in total. The molecule has 1 aliphatic carbocycles. The zero-order chi connectivity index (χ0) is 10.8. The summed E-state index contributed by atoms with van der Waals surface area (Å²) in [5, 5.41) is 0. The molecule has 0 saturated heterocycles. The summed E-state index contributed by atoms with van der Waals surface area (Å²) in [4.78, 5) is 11.1. The van der Waals surface area contributed by atoms with Crippen molar-refractivity contribution in [2.45, 2.75) is 33.6 Å². The molecule has 2 atom stereocenters. The second-order valence-corrected chi connectivity index (χ2v) is 5.02. The van der Waals surface area contributed by atoms with Crippen molar-refractivity contribution in [3.8, 4) is 0 Å². The predicted octanol–water partition coefficient (Wildman–Crippen LogP) is 3.37. The molecule has 0 spiro atoms. The quantitative estimate of drug-likeness (QED) is 0.495. The first-order chi connectivity index (χ1) is 6.48. The van der Waals surface area contributed by atoms with Gasteiger partial charge >= 0.3 is 0 Å². The smallest absolute Gasteiger partial charge is 0.126 e. The van der Waals surface area contributed by atoms with E-state index in [1.54, 1.807) is 6.08 Å². The van der Waals surface area contributed by atoms with Crippen LogP contribution in [-0.2, 0) is 4.79 Å². The van der Waals surface area contributed by atoms with Crippen LogP contribution in [0.3, 0.4) is 0 Å². The van der Waals surface area contributed by atoms with Gasteiger partial charge in [0.25, 0.3) is 0 Å². The zero-order valence-electron chi connectivity index (χ0n) is 9.42. The van der Waals surface area contributed by atoms with Crippen LogP contribution in [0.2, 0.25) is 0 Å². The standard InChI is InChI=1S/C13H20O/c1-5-6-7-11-8-9-13(4,10-14)12(11,2)3/h5-7,10-11H,1,8-9H2,2-4H3/b7-6+/t11-,13-/m0/s1. The molecule has 0 unspecified atom stereocenters. The van der Waals surface area contributed by atoms with Gasteiger partial charge in [0.1, 0.15) is 6.29 Å². The summed E-state index contributed by atoms with van der Waals surface area (Å²) < 4.78 is 0. The zero-order valence-corrected chi connectivity index (χ0v) is 9.42. The van der Waals surface area contributed by atoms with Gasteiger partial charge < -0.3 is 4.79 Å². The van der Waals surface area contributed by atoms with E-state index in [0.29, 0.717) is 5.92 Å². The Morgan fingerprint density at radius 2 is 2.00 bits per heavy atom. The number of allylic oxidation sites excluding steroid dienone is 3. The minimum Gasteiger partial charge on any atom is -0.303 e. The Labute approximate surface area is 86.9 Å². The van der Waals surface area contributed by atoms with Crippen molar-refractivity contribution < 1.29 is 4.79 Å². The van der Waals surface area contributed by atoms with Crippen LogP contribution in [0, 0.1) is 16.7 Å². The lowest BCUT2D eigenvalue weighted by molar-refractivity contribution is -0.120. The van der Waals surface area contributed by atoms with E-state index in [2.05, 4.69) is 33.4 Å². The van der Waals surface area contributed by atoms with Gasteiger partial charge in [-0.2, -0.15) is 0 Å². The Morgan fingerprint density at radius 3 is 2.43 bits per heavy atom. The molecule has 0 bridgehead atoms. The predicted molar refractivity (Wildman–Crippen MR) is 60.0 cm³/mol. The van der Waals surface area contributed by atoms with Crippen LogP contribution in [0.1, 0.15) is 33.6 Å². The van der Waals surface area contributed by atoms with Gasteiger partial charge in [-0.1, -0.05) is 45.6 Å². The maximum absolute atomic E-state index is 11.1. The van der Waals surface area contributed by atoms with Crippen LogP contribution < -0.4 is 0 Å². The highest BCUT2D eigenvalue weighted by atomic mass is 16.1. The van der Waals surface area contributed by atoms with E-state index in [1.165, 1.54) is 0 Å².